The van der Waals surface area contributed by atoms with E-state index in [-0.39, 0.29) is 0 Å². The van der Waals surface area contributed by atoms with Gasteiger partial charge in [0, 0.05) is 94.0 Å². The second kappa shape index (κ2) is 8.86. The molecule has 1 aliphatic heterocycles. The number of benzene rings is 4. The average molecular weight is 602 g/mol. The van der Waals surface area contributed by atoms with Crippen molar-refractivity contribution in [2.24, 2.45) is 0 Å². The number of aromatic nitrogens is 4. The molecule has 6 nitrogen and oxygen atoms in total. The first-order valence-electron chi connectivity index (χ1n) is 15.7. The molecule has 0 bridgehead atoms. The zero-order valence-electron chi connectivity index (χ0n) is 24.9. The highest BCUT2D eigenvalue weighted by molar-refractivity contribution is 6.26. The van der Waals surface area contributed by atoms with Gasteiger partial charge in [0.1, 0.15) is 11.3 Å². The molecule has 0 saturated carbocycles. The molecule has 2 aliphatic rings. The third kappa shape index (κ3) is 3.00. The zero-order chi connectivity index (χ0) is 30.7. The summed E-state index contributed by atoms with van der Waals surface area (Å²) in [7, 11) is 0. The summed E-state index contributed by atoms with van der Waals surface area (Å²) >= 11 is 0. The monoisotopic (exact) mass is 601 g/mol. The number of nitrogens with zero attached hydrogens (tertiary/aromatic N) is 5. The van der Waals surface area contributed by atoms with Crippen LogP contribution in [-0.4, -0.2) is 19.9 Å². The van der Waals surface area contributed by atoms with Crippen LogP contribution in [0.1, 0.15) is 16.9 Å². The maximum absolute atomic E-state index is 7.02. The van der Waals surface area contributed by atoms with Gasteiger partial charge in [-0.05, 0) is 68.7 Å². The van der Waals surface area contributed by atoms with E-state index in [9.17, 15) is 0 Å². The smallest absolute Gasteiger partial charge is 0.156 e. The van der Waals surface area contributed by atoms with Crippen LogP contribution in [0, 0.1) is 0 Å². The number of fused-ring (bicyclic) bond motifs is 17. The number of anilines is 2. The molecule has 0 atom stereocenters. The molecular weight excluding hydrogens is 578 g/mol. The topological polar surface area (TPSA) is 67.9 Å². The van der Waals surface area contributed by atoms with Crippen LogP contribution in [0.4, 0.5) is 11.4 Å². The fourth-order valence-electron chi connectivity index (χ4n) is 8.37. The number of hydrogen-bond acceptors (Lipinski definition) is 6. The number of furan rings is 1. The Labute approximate surface area is 268 Å². The molecule has 6 heterocycles. The third-order valence-electron chi connectivity index (χ3n) is 10.2. The molecule has 1 spiro atoms. The SMILES string of the molecule is c1ccc2c(c1)c1ccccc1c1cc(N3c4ccncc4-c4c(oc5ccncc45)C34c3ccncc3-c3cnccc34)ccc21. The van der Waals surface area contributed by atoms with Crippen LogP contribution in [0.25, 0.3) is 65.5 Å². The Morgan fingerprint density at radius 2 is 1.04 bits per heavy atom. The summed E-state index contributed by atoms with van der Waals surface area (Å²) < 4.78 is 7.02. The van der Waals surface area contributed by atoms with Gasteiger partial charge in [0.2, 0.25) is 0 Å². The van der Waals surface area contributed by atoms with E-state index >= 15 is 0 Å². The Morgan fingerprint density at radius 3 is 1.72 bits per heavy atom. The van der Waals surface area contributed by atoms with Gasteiger partial charge in [0.15, 0.2) is 5.54 Å². The van der Waals surface area contributed by atoms with Crippen molar-refractivity contribution in [3.05, 3.63) is 157 Å². The maximum Gasteiger partial charge on any atom is 0.156 e. The fraction of sp³-hybridized carbons (Fsp3) is 0.0244. The first-order valence-corrected chi connectivity index (χ1v) is 15.7. The van der Waals surface area contributed by atoms with Gasteiger partial charge < -0.3 is 9.32 Å². The Morgan fingerprint density at radius 1 is 0.489 bits per heavy atom. The summed E-state index contributed by atoms with van der Waals surface area (Å²) in [6, 6.07) is 32.6. The molecule has 5 aromatic heterocycles. The molecule has 4 aromatic carbocycles. The Balaban J connectivity index is 1.33. The predicted molar refractivity (Wildman–Crippen MR) is 186 cm³/mol. The van der Waals surface area contributed by atoms with Crippen molar-refractivity contribution in [3.63, 3.8) is 0 Å². The lowest BCUT2D eigenvalue weighted by Crippen LogP contribution is -2.46. The Kier molecular flexibility index (Phi) is 4.69. The first-order chi connectivity index (χ1) is 23.3. The highest BCUT2D eigenvalue weighted by atomic mass is 16.3. The summed E-state index contributed by atoms with van der Waals surface area (Å²) in [6.07, 6.45) is 15.2. The van der Waals surface area contributed by atoms with E-state index in [0.717, 1.165) is 61.5 Å². The summed E-state index contributed by atoms with van der Waals surface area (Å²) in [6.45, 7) is 0. The number of pyridine rings is 4. The van der Waals surface area contributed by atoms with Crippen LogP contribution < -0.4 is 4.90 Å². The summed E-state index contributed by atoms with van der Waals surface area (Å²) in [5.41, 5.74) is 8.29. The quantitative estimate of drug-likeness (QED) is 0.175. The molecule has 218 valence electrons. The van der Waals surface area contributed by atoms with E-state index in [1.165, 1.54) is 32.3 Å². The van der Waals surface area contributed by atoms with Crippen molar-refractivity contribution in [1.82, 2.24) is 19.9 Å². The molecule has 0 amide bonds. The van der Waals surface area contributed by atoms with Crippen LogP contribution >= 0.6 is 0 Å². The lowest BCUT2D eigenvalue weighted by Gasteiger charge is -2.47. The molecule has 11 rings (SSSR count). The lowest BCUT2D eigenvalue weighted by atomic mass is 9.76. The van der Waals surface area contributed by atoms with Gasteiger partial charge in [0.25, 0.3) is 0 Å². The minimum Gasteiger partial charge on any atom is -0.457 e. The normalized spacial score (nSPS) is 14.1. The van der Waals surface area contributed by atoms with Gasteiger partial charge in [-0.25, -0.2) is 0 Å². The second-order valence-electron chi connectivity index (χ2n) is 12.3. The van der Waals surface area contributed by atoms with E-state index in [1.807, 2.05) is 49.4 Å². The van der Waals surface area contributed by atoms with Crippen LogP contribution in [0.2, 0.25) is 0 Å². The molecule has 0 fully saturated rings. The fourth-order valence-corrected chi connectivity index (χ4v) is 8.37. The van der Waals surface area contributed by atoms with Crippen molar-refractivity contribution < 1.29 is 4.42 Å². The molecule has 0 unspecified atom stereocenters. The third-order valence-corrected chi connectivity index (χ3v) is 10.2. The van der Waals surface area contributed by atoms with Crippen LogP contribution in [0.5, 0.6) is 0 Å². The maximum atomic E-state index is 7.02. The van der Waals surface area contributed by atoms with Gasteiger partial charge in [-0.1, -0.05) is 54.6 Å². The van der Waals surface area contributed by atoms with Crippen molar-refractivity contribution in [2.45, 2.75) is 5.54 Å². The highest BCUT2D eigenvalue weighted by Crippen LogP contribution is 2.64. The molecular formula is C41H23N5O. The second-order valence-corrected chi connectivity index (χ2v) is 12.3. The average Bonchev–Trinajstić information content (AvgIpc) is 3.67. The molecule has 0 saturated heterocycles. The van der Waals surface area contributed by atoms with E-state index in [4.69, 9.17) is 4.42 Å². The van der Waals surface area contributed by atoms with Gasteiger partial charge in [0.05, 0.1) is 5.69 Å². The molecule has 47 heavy (non-hydrogen) atoms. The molecule has 9 aromatic rings. The van der Waals surface area contributed by atoms with E-state index in [1.54, 1.807) is 6.20 Å². The van der Waals surface area contributed by atoms with Crippen LogP contribution in [-0.2, 0) is 5.54 Å². The van der Waals surface area contributed by atoms with Crippen molar-refractivity contribution in [2.75, 3.05) is 4.90 Å². The molecule has 1 aliphatic carbocycles. The van der Waals surface area contributed by atoms with Crippen LogP contribution in [0.3, 0.4) is 0 Å². The summed E-state index contributed by atoms with van der Waals surface area (Å²) in [5, 5.41) is 8.35. The zero-order valence-corrected chi connectivity index (χ0v) is 24.9. The largest absolute Gasteiger partial charge is 0.457 e. The van der Waals surface area contributed by atoms with Gasteiger partial charge >= 0.3 is 0 Å². The number of hydrogen-bond donors (Lipinski definition) is 0. The minimum absolute atomic E-state index is 0.787. The Hall–Kier alpha value is -6.40. The highest BCUT2D eigenvalue weighted by Gasteiger charge is 2.57. The molecule has 0 N–H and O–H groups in total. The van der Waals surface area contributed by atoms with E-state index in [2.05, 4.69) is 110 Å². The van der Waals surface area contributed by atoms with E-state index in [0.29, 0.717) is 0 Å². The Bertz CT molecular complexity index is 2700. The van der Waals surface area contributed by atoms with Gasteiger partial charge in [-0.3, -0.25) is 19.9 Å². The summed E-state index contributed by atoms with van der Waals surface area (Å²) in [4.78, 5) is 20.8. The summed E-state index contributed by atoms with van der Waals surface area (Å²) in [5.74, 6) is 0.835. The lowest BCUT2D eigenvalue weighted by molar-refractivity contribution is 0.458. The van der Waals surface area contributed by atoms with Gasteiger partial charge in [-0.2, -0.15) is 0 Å². The first kappa shape index (κ1) is 24.9. The predicted octanol–water partition coefficient (Wildman–Crippen LogP) is 9.56. The molecule has 0 radical (unpaired) electrons. The van der Waals surface area contributed by atoms with Crippen LogP contribution in [0.15, 0.2) is 145 Å². The number of rotatable bonds is 1. The van der Waals surface area contributed by atoms with E-state index < -0.39 is 5.54 Å². The van der Waals surface area contributed by atoms with Crippen molar-refractivity contribution in [1.29, 1.82) is 0 Å². The van der Waals surface area contributed by atoms with Crippen molar-refractivity contribution >= 4 is 54.7 Å². The molecule has 6 heteroatoms. The minimum atomic E-state index is -0.862. The standard InChI is InChI=1S/C41H23N5O/c1-2-7-27-25(5-1)26-6-3-4-8-28(26)30-19-24(9-10-29(27)30)46-37-13-17-44-22-33(37)39-34-23-45-18-14-38(34)47-40(39)41(46)35-11-15-42-20-31(35)32-21-43-16-12-36(32)41/h1-23H. The van der Waals surface area contributed by atoms with Crippen molar-refractivity contribution in [3.8, 4) is 22.3 Å². The van der Waals surface area contributed by atoms with Gasteiger partial charge in [-0.15, -0.1) is 0 Å².